The van der Waals surface area contributed by atoms with E-state index in [1.54, 1.807) is 24.4 Å². The molecule has 10 heteroatoms. The van der Waals surface area contributed by atoms with Crippen molar-refractivity contribution in [2.75, 3.05) is 13.1 Å². The van der Waals surface area contributed by atoms with Crippen molar-refractivity contribution in [1.29, 1.82) is 0 Å². The number of likely N-dealkylation sites (tertiary alicyclic amines) is 1. The molecule has 0 radical (unpaired) electrons. The third kappa shape index (κ3) is 7.72. The summed E-state index contributed by atoms with van der Waals surface area (Å²) in [6.45, 7) is 9.29. The normalized spacial score (nSPS) is 18.4. The molecule has 3 atom stereocenters. The number of hydrogen-bond donors (Lipinski definition) is 3. The Bertz CT molecular complexity index is 1720. The first-order valence-electron chi connectivity index (χ1n) is 15.7. The molecule has 2 aromatic heterocycles. The van der Waals surface area contributed by atoms with E-state index < -0.39 is 11.5 Å². The summed E-state index contributed by atoms with van der Waals surface area (Å²) in [5.74, 6) is 0.101. The van der Waals surface area contributed by atoms with Crippen molar-refractivity contribution in [2.24, 2.45) is 16.5 Å². The summed E-state index contributed by atoms with van der Waals surface area (Å²) >= 11 is 6.28. The second kappa shape index (κ2) is 14.5. The molecule has 0 amide bonds. The first-order chi connectivity index (χ1) is 21.6. The molecule has 0 saturated carbocycles. The molecule has 0 bridgehead atoms. The van der Waals surface area contributed by atoms with Crippen molar-refractivity contribution >= 4 is 28.5 Å². The molecule has 0 unspecified atom stereocenters. The highest BCUT2D eigenvalue weighted by molar-refractivity contribution is 6.31. The lowest BCUT2D eigenvalue weighted by Gasteiger charge is -2.42. The van der Waals surface area contributed by atoms with Gasteiger partial charge in [0, 0.05) is 48.4 Å². The highest BCUT2D eigenvalue weighted by Crippen LogP contribution is 2.36. The zero-order valence-corrected chi connectivity index (χ0v) is 26.9. The van der Waals surface area contributed by atoms with E-state index >= 15 is 4.39 Å². The molecule has 0 aliphatic carbocycles. The monoisotopic (exact) mass is 631 g/mol. The maximum atomic E-state index is 15.2. The van der Waals surface area contributed by atoms with E-state index in [0.717, 1.165) is 57.1 Å². The van der Waals surface area contributed by atoms with Crippen molar-refractivity contribution in [3.63, 3.8) is 0 Å². The number of nitrogens with zero attached hydrogens (tertiary/aromatic N) is 4. The van der Waals surface area contributed by atoms with Crippen LogP contribution in [0.5, 0.6) is 0 Å². The molecule has 4 aromatic rings. The van der Waals surface area contributed by atoms with E-state index in [1.165, 1.54) is 10.1 Å². The van der Waals surface area contributed by atoms with Crippen molar-refractivity contribution < 1.29 is 4.39 Å². The molecule has 1 saturated heterocycles. The summed E-state index contributed by atoms with van der Waals surface area (Å²) in [5.41, 5.74) is 15.3. The Morgan fingerprint density at radius 2 is 2.04 bits per heavy atom. The number of fused-ring (bicyclic) bond motifs is 1. The molecule has 3 heterocycles. The smallest absolute Gasteiger partial charge is 0.354 e. The number of aliphatic imine (C=N–C) groups is 1. The second-order valence-electron chi connectivity index (χ2n) is 12.2. The molecule has 1 aliphatic rings. The van der Waals surface area contributed by atoms with E-state index in [0.29, 0.717) is 46.4 Å². The summed E-state index contributed by atoms with van der Waals surface area (Å²) in [7, 11) is 0. The van der Waals surface area contributed by atoms with Gasteiger partial charge >= 0.3 is 5.69 Å². The predicted molar refractivity (Wildman–Crippen MR) is 183 cm³/mol. The standard InChI is InChI=1S/C35H43ClFN7O/c1-4-17-43-27(15-16-40-23(3)39)9-6-10-32(43)25-11-13-28(14-12-25)44-21-26-20-31(41-34(26)42-35(44)45)29-18-24(8-5-7-22(2)38)19-30(36)33(29)37/h4,11-14,18-22,27,32H,1,5-10,15-17,38H2,2-3H3,(H2,39,40)(H,41,42,45)/t22-,27-,32-/m0/s1. The SMILES string of the molecule is C=CCN1[C@H](CCN=C(C)N)CCC[C@H]1c1ccc(-n2cc3cc(-c4cc(CCC[C@H](C)N)cc(Cl)c4F)[nH]c3nc2=O)cc1. The van der Waals surface area contributed by atoms with Gasteiger partial charge < -0.3 is 16.5 Å². The summed E-state index contributed by atoms with van der Waals surface area (Å²) < 4.78 is 16.7. The zero-order chi connectivity index (χ0) is 32.1. The van der Waals surface area contributed by atoms with E-state index in [2.05, 4.69) is 38.6 Å². The highest BCUT2D eigenvalue weighted by Gasteiger charge is 2.30. The number of benzene rings is 2. The maximum Gasteiger partial charge on any atom is 0.354 e. The van der Waals surface area contributed by atoms with Crippen LogP contribution in [0.25, 0.3) is 28.0 Å². The van der Waals surface area contributed by atoms with Gasteiger partial charge in [0.2, 0.25) is 0 Å². The van der Waals surface area contributed by atoms with Gasteiger partial charge in [-0.1, -0.05) is 29.8 Å². The fourth-order valence-electron chi connectivity index (χ4n) is 6.41. The Labute approximate surface area is 269 Å². The third-order valence-corrected chi connectivity index (χ3v) is 8.89. The number of nitrogens with one attached hydrogen (secondary N) is 1. The fourth-order valence-corrected chi connectivity index (χ4v) is 6.65. The van der Waals surface area contributed by atoms with Crippen molar-refractivity contribution in [2.45, 2.75) is 76.9 Å². The lowest BCUT2D eigenvalue weighted by atomic mass is 9.89. The van der Waals surface area contributed by atoms with Gasteiger partial charge in [-0.3, -0.25) is 14.5 Å². The van der Waals surface area contributed by atoms with Gasteiger partial charge in [0.25, 0.3) is 0 Å². The number of nitrogens with two attached hydrogens (primary N) is 2. The van der Waals surface area contributed by atoms with Crippen LogP contribution in [0.2, 0.25) is 5.02 Å². The Hall–Kier alpha value is -3.79. The minimum Gasteiger partial charge on any atom is -0.388 e. The number of aromatic amines is 1. The average Bonchev–Trinajstić information content (AvgIpc) is 3.41. The zero-order valence-electron chi connectivity index (χ0n) is 26.1. The minimum atomic E-state index is -0.511. The van der Waals surface area contributed by atoms with Crippen LogP contribution >= 0.6 is 11.6 Å². The number of piperidine rings is 1. The third-order valence-electron chi connectivity index (χ3n) is 8.61. The van der Waals surface area contributed by atoms with Gasteiger partial charge in [0.1, 0.15) is 5.65 Å². The lowest BCUT2D eigenvalue weighted by molar-refractivity contribution is 0.0922. The van der Waals surface area contributed by atoms with Crippen LogP contribution < -0.4 is 17.2 Å². The topological polar surface area (TPSA) is 118 Å². The van der Waals surface area contributed by atoms with Gasteiger partial charge in [-0.25, -0.2) is 9.18 Å². The van der Waals surface area contributed by atoms with Crippen molar-refractivity contribution in [3.05, 3.63) is 93.8 Å². The maximum absolute atomic E-state index is 15.2. The molecule has 45 heavy (non-hydrogen) atoms. The lowest BCUT2D eigenvalue weighted by Crippen LogP contribution is -2.42. The predicted octanol–water partition coefficient (Wildman–Crippen LogP) is 6.69. The van der Waals surface area contributed by atoms with Gasteiger partial charge in [0.05, 0.1) is 22.2 Å². The fraction of sp³-hybridized carbons (Fsp3) is 0.400. The average molecular weight is 632 g/mol. The second-order valence-corrected chi connectivity index (χ2v) is 12.6. The highest BCUT2D eigenvalue weighted by atomic mass is 35.5. The number of H-pyrrole nitrogens is 1. The molecule has 8 nitrogen and oxygen atoms in total. The number of rotatable bonds is 12. The number of aryl methyl sites for hydroxylation is 1. The van der Waals surface area contributed by atoms with E-state index in [4.69, 9.17) is 23.1 Å². The molecule has 238 valence electrons. The number of halogens is 2. The number of aromatic nitrogens is 3. The Morgan fingerprint density at radius 3 is 2.76 bits per heavy atom. The molecular weight excluding hydrogens is 589 g/mol. The number of hydrogen-bond acceptors (Lipinski definition) is 5. The quantitative estimate of drug-likeness (QED) is 0.0914. The van der Waals surface area contributed by atoms with Gasteiger partial charge in [-0.15, -0.1) is 6.58 Å². The Balaban J connectivity index is 1.39. The van der Waals surface area contributed by atoms with Gasteiger partial charge in [-0.05, 0) is 100 Å². The van der Waals surface area contributed by atoms with Crippen molar-refractivity contribution in [1.82, 2.24) is 19.4 Å². The largest absolute Gasteiger partial charge is 0.388 e. The molecule has 5 rings (SSSR count). The summed E-state index contributed by atoms with van der Waals surface area (Å²) in [6.07, 6.45) is 10.4. The summed E-state index contributed by atoms with van der Waals surface area (Å²) in [5, 5.41) is 0.749. The van der Waals surface area contributed by atoms with E-state index in [9.17, 15) is 4.79 Å². The summed E-state index contributed by atoms with van der Waals surface area (Å²) in [6, 6.07) is 14.1. The molecular formula is C35H43ClFN7O. The molecule has 0 spiro atoms. The number of amidine groups is 1. The van der Waals surface area contributed by atoms with Crippen LogP contribution in [0.15, 0.2) is 71.1 Å². The summed E-state index contributed by atoms with van der Waals surface area (Å²) in [4.78, 5) is 27.5. The molecule has 2 aromatic carbocycles. The van der Waals surface area contributed by atoms with Crippen molar-refractivity contribution in [3.8, 4) is 16.9 Å². The molecule has 1 aliphatic heterocycles. The van der Waals surface area contributed by atoms with Gasteiger partial charge in [-0.2, -0.15) is 4.98 Å². The Morgan fingerprint density at radius 1 is 1.27 bits per heavy atom. The van der Waals surface area contributed by atoms with Gasteiger partial charge in [0.15, 0.2) is 5.82 Å². The van der Waals surface area contributed by atoms with Crippen LogP contribution in [0.1, 0.15) is 69.5 Å². The van der Waals surface area contributed by atoms with Crippen LogP contribution in [0.4, 0.5) is 4.39 Å². The van der Waals surface area contributed by atoms with E-state index in [-0.39, 0.29) is 17.1 Å². The molecule has 1 fully saturated rings. The van der Waals surface area contributed by atoms with Crippen LogP contribution in [-0.4, -0.2) is 50.4 Å². The van der Waals surface area contributed by atoms with E-state index in [1.807, 2.05) is 32.1 Å². The minimum absolute atomic E-state index is 0.0599. The Kier molecular flexibility index (Phi) is 10.5. The van der Waals surface area contributed by atoms with Crippen LogP contribution in [-0.2, 0) is 6.42 Å². The molecule has 5 N–H and O–H groups in total. The first-order valence-corrected chi connectivity index (χ1v) is 16.1. The van der Waals surface area contributed by atoms with Crippen LogP contribution in [0.3, 0.4) is 0 Å². The van der Waals surface area contributed by atoms with Crippen LogP contribution in [0, 0.1) is 5.82 Å². The first kappa shape index (κ1) is 32.6.